The summed E-state index contributed by atoms with van der Waals surface area (Å²) in [6, 6.07) is 67.1. The molecule has 56 heavy (non-hydrogen) atoms. The van der Waals surface area contributed by atoms with E-state index < -0.39 is 0 Å². The van der Waals surface area contributed by atoms with Gasteiger partial charge in [-0.2, -0.15) is 0 Å². The Hall–Kier alpha value is -6.96. The maximum atomic E-state index is 6.68. The van der Waals surface area contributed by atoms with E-state index >= 15 is 0 Å². The molecule has 10 aromatic carbocycles. The van der Waals surface area contributed by atoms with Crippen LogP contribution in [0.3, 0.4) is 0 Å². The summed E-state index contributed by atoms with van der Waals surface area (Å²) >= 11 is 0. The zero-order chi connectivity index (χ0) is 37.1. The molecule has 1 aromatic heterocycles. The van der Waals surface area contributed by atoms with Crippen molar-refractivity contribution in [2.45, 2.75) is 19.3 Å². The molecule has 12 rings (SSSR count). The normalized spacial score (nSPS) is 13.3. The Labute approximate surface area is 325 Å². The predicted molar refractivity (Wildman–Crippen MR) is 238 cm³/mol. The molecule has 0 atom stereocenters. The quantitative estimate of drug-likeness (QED) is 0.166. The minimum absolute atomic E-state index is 0.179. The Morgan fingerprint density at radius 1 is 0.357 bits per heavy atom. The molecule has 0 saturated carbocycles. The van der Waals surface area contributed by atoms with Crippen LogP contribution in [0.4, 0.5) is 0 Å². The van der Waals surface area contributed by atoms with Crippen LogP contribution in [0, 0.1) is 0 Å². The fraction of sp³-hybridized carbons (Fsp3) is 0.0545. The van der Waals surface area contributed by atoms with Gasteiger partial charge in [0.25, 0.3) is 0 Å². The lowest BCUT2D eigenvalue weighted by Crippen LogP contribution is -2.16. The summed E-state index contributed by atoms with van der Waals surface area (Å²) in [6.45, 7) is 4.77. The maximum Gasteiger partial charge on any atom is 0.143 e. The highest BCUT2D eigenvalue weighted by Gasteiger charge is 2.39. The molecule has 0 fully saturated rings. The topological polar surface area (TPSA) is 13.1 Å². The summed E-state index contributed by atoms with van der Waals surface area (Å²) in [6.07, 6.45) is 0. The molecule has 1 heterocycles. The van der Waals surface area contributed by atoms with Crippen molar-refractivity contribution in [3.8, 4) is 44.5 Å². The Morgan fingerprint density at radius 3 is 1.62 bits per heavy atom. The molecule has 0 spiro atoms. The van der Waals surface area contributed by atoms with Crippen molar-refractivity contribution in [1.82, 2.24) is 0 Å². The average Bonchev–Trinajstić information content (AvgIpc) is 3.75. The average molecular weight is 713 g/mol. The van der Waals surface area contributed by atoms with Gasteiger partial charge >= 0.3 is 0 Å². The second-order valence-corrected chi connectivity index (χ2v) is 16.0. The molecule has 262 valence electrons. The van der Waals surface area contributed by atoms with Crippen molar-refractivity contribution in [2.75, 3.05) is 0 Å². The molecular formula is C55H36O. The van der Waals surface area contributed by atoms with Crippen LogP contribution < -0.4 is 0 Å². The van der Waals surface area contributed by atoms with E-state index in [2.05, 4.69) is 196 Å². The van der Waals surface area contributed by atoms with E-state index in [1.165, 1.54) is 93.3 Å². The highest BCUT2D eigenvalue weighted by Crippen LogP contribution is 2.56. The standard InChI is InChI=1S/C55H36O/c1-55(2)48-21-11-9-20-45(48)52-43-29-30-44-38-15-10-12-22-49(38)56-54(44)47(43)32-46(53(52)55)34-24-26-35(27-25-34)50-39-16-5-7-18-41(39)51(42-19-8-6-17-40(42)50)37-28-23-33-13-3-4-14-36(33)31-37/h3-32H,1-2H3. The predicted octanol–water partition coefficient (Wildman–Crippen LogP) is 15.5. The van der Waals surface area contributed by atoms with Gasteiger partial charge < -0.3 is 4.42 Å². The van der Waals surface area contributed by atoms with E-state index in [4.69, 9.17) is 4.42 Å². The molecule has 1 aliphatic carbocycles. The van der Waals surface area contributed by atoms with E-state index in [-0.39, 0.29) is 5.41 Å². The van der Waals surface area contributed by atoms with Crippen LogP contribution in [-0.4, -0.2) is 0 Å². The molecule has 0 saturated heterocycles. The summed E-state index contributed by atoms with van der Waals surface area (Å²) in [4.78, 5) is 0. The van der Waals surface area contributed by atoms with Crippen LogP contribution in [0.25, 0.3) is 110 Å². The van der Waals surface area contributed by atoms with Crippen molar-refractivity contribution < 1.29 is 4.42 Å². The molecule has 1 nitrogen and oxygen atoms in total. The van der Waals surface area contributed by atoms with E-state index in [0.717, 1.165) is 27.3 Å². The van der Waals surface area contributed by atoms with Crippen LogP contribution in [0.15, 0.2) is 186 Å². The van der Waals surface area contributed by atoms with Gasteiger partial charge in [0.1, 0.15) is 11.2 Å². The van der Waals surface area contributed by atoms with Gasteiger partial charge in [-0.25, -0.2) is 0 Å². The first kappa shape index (κ1) is 31.4. The number of hydrogen-bond donors (Lipinski definition) is 0. The third-order valence-corrected chi connectivity index (χ3v) is 12.6. The first-order valence-electron chi connectivity index (χ1n) is 19.6. The van der Waals surface area contributed by atoms with Crippen LogP contribution in [-0.2, 0) is 5.41 Å². The van der Waals surface area contributed by atoms with Gasteiger partial charge in [-0.05, 0) is 118 Å². The summed E-state index contributed by atoms with van der Waals surface area (Å²) in [7, 11) is 0. The molecule has 1 heteroatoms. The zero-order valence-electron chi connectivity index (χ0n) is 31.2. The van der Waals surface area contributed by atoms with Crippen LogP contribution in [0.1, 0.15) is 25.0 Å². The van der Waals surface area contributed by atoms with Crippen LogP contribution in [0.2, 0.25) is 0 Å². The Kier molecular flexibility index (Phi) is 6.46. The minimum Gasteiger partial charge on any atom is -0.455 e. The Balaban J connectivity index is 1.09. The lowest BCUT2D eigenvalue weighted by atomic mass is 9.77. The second kappa shape index (κ2) is 11.5. The van der Waals surface area contributed by atoms with Gasteiger partial charge in [0.15, 0.2) is 0 Å². The minimum atomic E-state index is -0.179. The number of hydrogen-bond acceptors (Lipinski definition) is 1. The second-order valence-electron chi connectivity index (χ2n) is 16.0. The number of para-hydroxylation sites is 1. The molecule has 11 aromatic rings. The maximum absolute atomic E-state index is 6.68. The molecule has 0 aliphatic heterocycles. The molecule has 0 bridgehead atoms. The Morgan fingerprint density at radius 2 is 0.893 bits per heavy atom. The van der Waals surface area contributed by atoms with Gasteiger partial charge in [-0.3, -0.25) is 0 Å². The third kappa shape index (κ3) is 4.31. The van der Waals surface area contributed by atoms with Crippen molar-refractivity contribution in [1.29, 1.82) is 0 Å². The van der Waals surface area contributed by atoms with Crippen LogP contribution in [0.5, 0.6) is 0 Å². The van der Waals surface area contributed by atoms with Crippen molar-refractivity contribution in [3.05, 3.63) is 193 Å². The SMILES string of the molecule is CC1(C)c2ccccc2-c2c1c(-c1ccc(-c3c4ccccc4c(-c4ccc5ccccc5c4)c4ccccc34)cc1)cc1c2ccc2c3ccccc3oc12. The number of furan rings is 1. The Bertz CT molecular complexity index is 3370. The molecule has 0 radical (unpaired) electrons. The van der Waals surface area contributed by atoms with Crippen molar-refractivity contribution in [3.63, 3.8) is 0 Å². The highest BCUT2D eigenvalue weighted by atomic mass is 16.3. The zero-order valence-corrected chi connectivity index (χ0v) is 31.2. The number of fused-ring (bicyclic) bond motifs is 12. The fourth-order valence-electron chi connectivity index (χ4n) is 10.1. The highest BCUT2D eigenvalue weighted by molar-refractivity contribution is 6.22. The summed E-state index contributed by atoms with van der Waals surface area (Å²) in [5.41, 5.74) is 14.6. The van der Waals surface area contributed by atoms with Crippen LogP contribution >= 0.6 is 0 Å². The first-order valence-corrected chi connectivity index (χ1v) is 19.6. The van der Waals surface area contributed by atoms with Crippen molar-refractivity contribution >= 4 is 65.0 Å². The summed E-state index contributed by atoms with van der Waals surface area (Å²) in [5, 5.41) is 12.3. The van der Waals surface area contributed by atoms with Crippen molar-refractivity contribution in [2.24, 2.45) is 0 Å². The fourth-order valence-corrected chi connectivity index (χ4v) is 10.1. The molecule has 0 unspecified atom stereocenters. The number of rotatable bonds is 3. The van der Waals surface area contributed by atoms with Gasteiger partial charge in [0.05, 0.1) is 0 Å². The summed E-state index contributed by atoms with van der Waals surface area (Å²) in [5.74, 6) is 0. The first-order chi connectivity index (χ1) is 27.5. The smallest absolute Gasteiger partial charge is 0.143 e. The van der Waals surface area contributed by atoms with E-state index in [1.807, 2.05) is 0 Å². The largest absolute Gasteiger partial charge is 0.455 e. The third-order valence-electron chi connectivity index (χ3n) is 12.6. The van der Waals surface area contributed by atoms with Gasteiger partial charge in [0, 0.05) is 21.6 Å². The van der Waals surface area contributed by atoms with E-state index in [9.17, 15) is 0 Å². The van der Waals surface area contributed by atoms with Gasteiger partial charge in [-0.1, -0.05) is 172 Å². The summed E-state index contributed by atoms with van der Waals surface area (Å²) < 4.78 is 6.68. The number of benzene rings is 10. The molecule has 1 aliphatic rings. The molecule has 0 N–H and O–H groups in total. The van der Waals surface area contributed by atoms with E-state index in [0.29, 0.717) is 0 Å². The van der Waals surface area contributed by atoms with E-state index in [1.54, 1.807) is 0 Å². The lowest BCUT2D eigenvalue weighted by Gasteiger charge is -2.25. The lowest BCUT2D eigenvalue weighted by molar-refractivity contribution is 0.662. The molecule has 0 amide bonds. The van der Waals surface area contributed by atoms with Gasteiger partial charge in [0.2, 0.25) is 0 Å². The van der Waals surface area contributed by atoms with Gasteiger partial charge in [-0.15, -0.1) is 0 Å². The molecular weight excluding hydrogens is 677 g/mol. The monoisotopic (exact) mass is 712 g/mol.